The smallest absolute Gasteiger partial charge is 0.206 e. The highest BCUT2D eigenvalue weighted by Gasteiger charge is 2.22. The van der Waals surface area contributed by atoms with Gasteiger partial charge in [-0.25, -0.2) is 0 Å². The third-order valence-electron chi connectivity index (χ3n) is 2.94. The van der Waals surface area contributed by atoms with Gasteiger partial charge in [-0.1, -0.05) is 30.0 Å². The highest BCUT2D eigenvalue weighted by Crippen LogP contribution is 2.44. The predicted molar refractivity (Wildman–Crippen MR) is 77.4 cm³/mol. The van der Waals surface area contributed by atoms with Crippen molar-refractivity contribution in [1.29, 1.82) is 0 Å². The molecule has 3 nitrogen and oxygen atoms in total. The van der Waals surface area contributed by atoms with E-state index in [0.717, 1.165) is 10.7 Å². The Bertz CT molecular complexity index is 652. The Morgan fingerprint density at radius 3 is 2.74 bits per heavy atom. The van der Waals surface area contributed by atoms with Crippen LogP contribution in [0.2, 0.25) is 0 Å². The molecule has 0 spiro atoms. The summed E-state index contributed by atoms with van der Waals surface area (Å²) in [5.41, 5.74) is 1.60. The van der Waals surface area contributed by atoms with Crippen LogP contribution in [0.1, 0.15) is 10.5 Å². The van der Waals surface area contributed by atoms with Gasteiger partial charge < -0.3 is 4.90 Å². The first kappa shape index (κ1) is 12.0. The largest absolute Gasteiger partial charge is 0.338 e. The fraction of sp³-hybridized carbons (Fsp3) is 0.0667. The summed E-state index contributed by atoms with van der Waals surface area (Å²) in [5.74, 6) is -0.0669. The van der Waals surface area contributed by atoms with E-state index in [9.17, 15) is 4.79 Å². The van der Waals surface area contributed by atoms with E-state index >= 15 is 0 Å². The molecule has 0 amide bonds. The minimum atomic E-state index is -0.0669. The summed E-state index contributed by atoms with van der Waals surface area (Å²) in [7, 11) is 1.97. The van der Waals surface area contributed by atoms with Crippen molar-refractivity contribution in [3.8, 4) is 0 Å². The number of thioether (sulfide) groups is 1. The molecule has 0 saturated carbocycles. The van der Waals surface area contributed by atoms with Crippen molar-refractivity contribution in [3.05, 3.63) is 65.5 Å². The Hall–Kier alpha value is -2.07. The number of carbonyl (C=O) groups excluding carboxylic acids is 1. The molecule has 0 atom stereocenters. The summed E-state index contributed by atoms with van der Waals surface area (Å²) in [5, 5.41) is 0.928. The number of aromatic nitrogens is 1. The van der Waals surface area contributed by atoms with Crippen molar-refractivity contribution >= 4 is 23.2 Å². The number of pyridine rings is 1. The Labute approximate surface area is 116 Å². The van der Waals surface area contributed by atoms with E-state index in [1.54, 1.807) is 36.2 Å². The maximum Gasteiger partial charge on any atom is 0.206 e. The minimum Gasteiger partial charge on any atom is -0.338 e. The molecule has 0 saturated heterocycles. The molecule has 0 bridgehead atoms. The fourth-order valence-corrected chi connectivity index (χ4v) is 3.02. The zero-order valence-corrected chi connectivity index (χ0v) is 11.2. The van der Waals surface area contributed by atoms with Gasteiger partial charge in [0.15, 0.2) is 0 Å². The number of fused-ring (bicyclic) bond motifs is 1. The third-order valence-corrected chi connectivity index (χ3v) is 4.11. The number of ketones is 1. The van der Waals surface area contributed by atoms with E-state index in [-0.39, 0.29) is 5.78 Å². The lowest BCUT2D eigenvalue weighted by Gasteiger charge is -2.12. The van der Waals surface area contributed by atoms with Crippen molar-refractivity contribution < 1.29 is 4.79 Å². The maximum atomic E-state index is 12.1. The zero-order chi connectivity index (χ0) is 13.2. The highest BCUT2D eigenvalue weighted by molar-refractivity contribution is 8.03. The van der Waals surface area contributed by atoms with Crippen LogP contribution in [0.5, 0.6) is 0 Å². The van der Waals surface area contributed by atoms with E-state index in [1.165, 1.54) is 4.90 Å². The molecule has 0 aliphatic carbocycles. The Morgan fingerprint density at radius 2 is 2.00 bits per heavy atom. The normalized spacial score (nSPS) is 15.6. The molecule has 94 valence electrons. The molecule has 19 heavy (non-hydrogen) atoms. The first-order chi connectivity index (χ1) is 9.25. The molecule has 4 heteroatoms. The van der Waals surface area contributed by atoms with Gasteiger partial charge in [-0.15, -0.1) is 0 Å². The lowest BCUT2D eigenvalue weighted by Crippen LogP contribution is -2.11. The van der Waals surface area contributed by atoms with Gasteiger partial charge in [-0.2, -0.15) is 0 Å². The Kier molecular flexibility index (Phi) is 3.09. The van der Waals surface area contributed by atoms with Gasteiger partial charge in [0.1, 0.15) is 5.69 Å². The number of anilines is 1. The van der Waals surface area contributed by atoms with Crippen LogP contribution in [-0.2, 0) is 0 Å². The Morgan fingerprint density at radius 1 is 1.21 bits per heavy atom. The second kappa shape index (κ2) is 4.90. The van der Waals surface area contributed by atoms with E-state index < -0.39 is 0 Å². The standard InChI is InChI=1S/C15H12N2OS/c1-17-12-7-2-3-8-14(12)19-15(17)10-13(18)11-6-4-5-9-16-11/h2-10H,1H3/b15-10+. The van der Waals surface area contributed by atoms with Gasteiger partial charge >= 0.3 is 0 Å². The van der Waals surface area contributed by atoms with Crippen LogP contribution in [-0.4, -0.2) is 17.8 Å². The monoisotopic (exact) mass is 268 g/mol. The van der Waals surface area contributed by atoms with Gasteiger partial charge in [0, 0.05) is 24.2 Å². The first-order valence-corrected chi connectivity index (χ1v) is 6.75. The molecule has 0 radical (unpaired) electrons. The van der Waals surface area contributed by atoms with E-state index in [1.807, 2.05) is 30.1 Å². The number of benzene rings is 1. The number of rotatable bonds is 2. The summed E-state index contributed by atoms with van der Waals surface area (Å²) in [6, 6.07) is 13.5. The van der Waals surface area contributed by atoms with Crippen LogP contribution in [0.15, 0.2) is 64.7 Å². The first-order valence-electron chi connectivity index (χ1n) is 5.93. The highest BCUT2D eigenvalue weighted by atomic mass is 32.2. The van der Waals surface area contributed by atoms with E-state index in [0.29, 0.717) is 5.69 Å². The fourth-order valence-electron chi connectivity index (χ4n) is 1.94. The van der Waals surface area contributed by atoms with Crippen molar-refractivity contribution in [2.75, 3.05) is 11.9 Å². The van der Waals surface area contributed by atoms with Gasteiger partial charge in [-0.3, -0.25) is 9.78 Å². The number of nitrogens with zero attached hydrogens (tertiary/aromatic N) is 2. The number of para-hydroxylation sites is 1. The average Bonchev–Trinajstić information content (AvgIpc) is 2.77. The second-order valence-corrected chi connectivity index (χ2v) is 5.25. The molecule has 1 aliphatic rings. The molecule has 1 aromatic carbocycles. The molecule has 2 aromatic rings. The maximum absolute atomic E-state index is 12.1. The SMILES string of the molecule is CN1/C(=C\C(=O)c2ccccn2)Sc2ccccc21. The molecular formula is C15H12N2OS. The third kappa shape index (κ3) is 2.27. The lowest BCUT2D eigenvalue weighted by atomic mass is 10.2. The van der Waals surface area contributed by atoms with Crippen LogP contribution in [0.4, 0.5) is 5.69 Å². The average molecular weight is 268 g/mol. The molecule has 3 rings (SSSR count). The van der Waals surface area contributed by atoms with Gasteiger partial charge in [0.25, 0.3) is 0 Å². The van der Waals surface area contributed by atoms with Gasteiger partial charge in [-0.05, 0) is 24.3 Å². The summed E-state index contributed by atoms with van der Waals surface area (Å²) < 4.78 is 0. The lowest BCUT2D eigenvalue weighted by molar-refractivity contribution is 0.104. The van der Waals surface area contributed by atoms with Crippen molar-refractivity contribution in [2.24, 2.45) is 0 Å². The Balaban J connectivity index is 1.89. The second-order valence-electron chi connectivity index (χ2n) is 4.19. The van der Waals surface area contributed by atoms with Gasteiger partial charge in [0.05, 0.1) is 10.7 Å². The summed E-state index contributed by atoms with van der Waals surface area (Å²) in [4.78, 5) is 19.4. The summed E-state index contributed by atoms with van der Waals surface area (Å²) in [6.07, 6.45) is 3.28. The molecule has 1 aromatic heterocycles. The molecular weight excluding hydrogens is 256 g/mol. The van der Waals surface area contributed by atoms with Crippen LogP contribution < -0.4 is 4.90 Å². The van der Waals surface area contributed by atoms with Gasteiger partial charge in [0.2, 0.25) is 5.78 Å². The van der Waals surface area contributed by atoms with Crippen LogP contribution in [0.25, 0.3) is 0 Å². The van der Waals surface area contributed by atoms with Crippen molar-refractivity contribution in [2.45, 2.75) is 4.90 Å². The molecule has 0 fully saturated rings. The summed E-state index contributed by atoms with van der Waals surface area (Å²) >= 11 is 1.61. The minimum absolute atomic E-state index is 0.0669. The number of carbonyl (C=O) groups is 1. The molecule has 2 heterocycles. The quantitative estimate of drug-likeness (QED) is 0.618. The molecule has 0 unspecified atom stereocenters. The van der Waals surface area contributed by atoms with Crippen LogP contribution >= 0.6 is 11.8 Å². The molecule has 0 N–H and O–H groups in total. The van der Waals surface area contributed by atoms with Crippen molar-refractivity contribution in [3.63, 3.8) is 0 Å². The number of hydrogen-bond acceptors (Lipinski definition) is 4. The predicted octanol–water partition coefficient (Wildman–Crippen LogP) is 3.35. The van der Waals surface area contributed by atoms with Crippen molar-refractivity contribution in [1.82, 2.24) is 4.98 Å². The topological polar surface area (TPSA) is 33.2 Å². The number of allylic oxidation sites excluding steroid dienone is 1. The van der Waals surface area contributed by atoms with E-state index in [4.69, 9.17) is 0 Å². The molecule has 1 aliphatic heterocycles. The number of hydrogen-bond donors (Lipinski definition) is 0. The van der Waals surface area contributed by atoms with Crippen LogP contribution in [0, 0.1) is 0 Å². The van der Waals surface area contributed by atoms with Crippen LogP contribution in [0.3, 0.4) is 0 Å². The van der Waals surface area contributed by atoms with E-state index in [2.05, 4.69) is 17.1 Å². The zero-order valence-electron chi connectivity index (χ0n) is 10.4. The summed E-state index contributed by atoms with van der Waals surface area (Å²) in [6.45, 7) is 0.